The van der Waals surface area contributed by atoms with E-state index in [1.54, 1.807) is 11.3 Å². The highest BCUT2D eigenvalue weighted by Crippen LogP contribution is 2.28. The Kier molecular flexibility index (Phi) is 4.88. The van der Waals surface area contributed by atoms with Gasteiger partial charge in [-0.1, -0.05) is 26.0 Å². The highest BCUT2D eigenvalue weighted by Gasteiger charge is 2.09. The van der Waals surface area contributed by atoms with Crippen molar-refractivity contribution in [3.8, 4) is 5.75 Å². The summed E-state index contributed by atoms with van der Waals surface area (Å²) in [6, 6.07) is 6.38. The van der Waals surface area contributed by atoms with Gasteiger partial charge in [-0.2, -0.15) is 12.6 Å². The van der Waals surface area contributed by atoms with Gasteiger partial charge in [0.15, 0.2) is 0 Å². The van der Waals surface area contributed by atoms with Crippen LogP contribution in [-0.2, 0) is 12.4 Å². The topological polar surface area (TPSA) is 22.1 Å². The molecule has 2 nitrogen and oxygen atoms in total. The van der Waals surface area contributed by atoms with Crippen LogP contribution in [0, 0.1) is 6.92 Å². The summed E-state index contributed by atoms with van der Waals surface area (Å²) in [5.74, 6) is 2.16. The lowest BCUT2D eigenvalue weighted by molar-refractivity contribution is 0.301. The molecule has 4 heteroatoms. The van der Waals surface area contributed by atoms with Crippen LogP contribution in [0.3, 0.4) is 0 Å². The molecule has 0 aliphatic rings. The summed E-state index contributed by atoms with van der Waals surface area (Å²) < 4.78 is 5.95. The summed E-state index contributed by atoms with van der Waals surface area (Å²) in [5, 5.41) is 1.00. The van der Waals surface area contributed by atoms with E-state index in [0.29, 0.717) is 12.5 Å². The zero-order valence-corrected chi connectivity index (χ0v) is 13.2. The lowest BCUT2D eigenvalue weighted by Crippen LogP contribution is -2.00. The van der Waals surface area contributed by atoms with E-state index in [9.17, 15) is 0 Å². The smallest absolute Gasteiger partial charge is 0.140 e. The number of hydrogen-bond acceptors (Lipinski definition) is 4. The van der Waals surface area contributed by atoms with Gasteiger partial charge in [-0.3, -0.25) is 0 Å². The molecule has 0 radical (unpaired) electrons. The highest BCUT2D eigenvalue weighted by molar-refractivity contribution is 7.79. The first kappa shape index (κ1) is 14.4. The molecule has 0 amide bonds. The normalized spacial score (nSPS) is 11.0. The minimum Gasteiger partial charge on any atom is -0.486 e. The van der Waals surface area contributed by atoms with Crippen LogP contribution < -0.4 is 4.74 Å². The fourth-order valence-corrected chi connectivity index (χ4v) is 2.84. The molecule has 0 saturated carbocycles. The fourth-order valence-electron chi connectivity index (χ4n) is 1.87. The van der Waals surface area contributed by atoms with Crippen molar-refractivity contribution in [2.75, 3.05) is 0 Å². The van der Waals surface area contributed by atoms with E-state index in [2.05, 4.69) is 56.6 Å². The second-order valence-electron chi connectivity index (χ2n) is 4.86. The summed E-state index contributed by atoms with van der Waals surface area (Å²) in [5.41, 5.74) is 2.46. The van der Waals surface area contributed by atoms with Crippen LogP contribution in [0.4, 0.5) is 0 Å². The number of thiazole rings is 1. The Labute approximate surface area is 124 Å². The predicted octanol–water partition coefficient (Wildman–Crippen LogP) is 4.58. The number of aryl methyl sites for hydroxylation is 1. The predicted molar refractivity (Wildman–Crippen MR) is 84.4 cm³/mol. The molecule has 1 aromatic heterocycles. The Balaban J connectivity index is 2.12. The van der Waals surface area contributed by atoms with Crippen LogP contribution in [0.2, 0.25) is 0 Å². The molecule has 0 aliphatic heterocycles. The van der Waals surface area contributed by atoms with Gasteiger partial charge in [-0.05, 0) is 30.0 Å². The second-order valence-corrected chi connectivity index (χ2v) is 6.38. The van der Waals surface area contributed by atoms with Crippen LogP contribution in [0.5, 0.6) is 5.75 Å². The minimum atomic E-state index is 0.458. The molecule has 0 N–H and O–H groups in total. The van der Waals surface area contributed by atoms with E-state index < -0.39 is 0 Å². The minimum absolute atomic E-state index is 0.458. The molecule has 1 aromatic carbocycles. The summed E-state index contributed by atoms with van der Waals surface area (Å²) in [6.07, 6.45) is 1.87. The number of hydrogen-bond donors (Lipinski definition) is 1. The average molecular weight is 293 g/mol. The molecule has 2 aromatic rings. The maximum Gasteiger partial charge on any atom is 0.140 e. The summed E-state index contributed by atoms with van der Waals surface area (Å²) in [4.78, 5) is 5.52. The first-order valence-corrected chi connectivity index (χ1v) is 7.83. The molecule has 102 valence electrons. The van der Waals surface area contributed by atoms with Crippen LogP contribution >= 0.6 is 24.0 Å². The van der Waals surface area contributed by atoms with E-state index in [4.69, 9.17) is 4.74 Å². The van der Waals surface area contributed by atoms with E-state index >= 15 is 0 Å². The molecule has 0 saturated heterocycles. The molecule has 0 atom stereocenters. The third-order valence-corrected chi connectivity index (χ3v) is 4.42. The van der Waals surface area contributed by atoms with Crippen molar-refractivity contribution in [2.45, 2.75) is 39.0 Å². The van der Waals surface area contributed by atoms with Gasteiger partial charge in [-0.25, -0.2) is 4.98 Å². The van der Waals surface area contributed by atoms with E-state index in [1.165, 1.54) is 16.0 Å². The van der Waals surface area contributed by atoms with Gasteiger partial charge in [0.2, 0.25) is 0 Å². The number of benzene rings is 1. The molecule has 2 rings (SSSR count). The number of thiol groups is 1. The molecule has 0 spiro atoms. The Hall–Kier alpha value is -1.000. The Morgan fingerprint density at radius 3 is 2.79 bits per heavy atom. The number of aromatic nitrogens is 1. The van der Waals surface area contributed by atoms with E-state index in [0.717, 1.165) is 16.5 Å². The quantitative estimate of drug-likeness (QED) is 0.815. The molecule has 0 fully saturated rings. The maximum atomic E-state index is 5.95. The molecular weight excluding hydrogens is 274 g/mol. The third kappa shape index (κ3) is 3.74. The van der Waals surface area contributed by atoms with Crippen molar-refractivity contribution in [1.29, 1.82) is 0 Å². The van der Waals surface area contributed by atoms with Crippen molar-refractivity contribution in [3.63, 3.8) is 0 Å². The Bertz CT molecular complexity index is 549. The zero-order chi connectivity index (χ0) is 13.8. The molecule has 19 heavy (non-hydrogen) atoms. The number of ether oxygens (including phenoxy) is 1. The Morgan fingerprint density at radius 1 is 1.37 bits per heavy atom. The van der Waals surface area contributed by atoms with Crippen molar-refractivity contribution >= 4 is 24.0 Å². The van der Waals surface area contributed by atoms with Gasteiger partial charge in [0, 0.05) is 16.8 Å². The van der Waals surface area contributed by atoms with Gasteiger partial charge in [0.25, 0.3) is 0 Å². The van der Waals surface area contributed by atoms with E-state index in [-0.39, 0.29) is 0 Å². The van der Waals surface area contributed by atoms with Crippen LogP contribution in [0.1, 0.15) is 40.8 Å². The first-order chi connectivity index (χ1) is 9.10. The SMILES string of the molecule is Cc1ccc(C(C)C)c(OCc2ncc(CS)s2)c1. The number of rotatable bonds is 5. The van der Waals surface area contributed by atoms with Gasteiger partial charge in [0.1, 0.15) is 17.4 Å². The van der Waals surface area contributed by atoms with Crippen molar-refractivity contribution in [2.24, 2.45) is 0 Å². The highest BCUT2D eigenvalue weighted by atomic mass is 32.1. The van der Waals surface area contributed by atoms with Gasteiger partial charge in [-0.15, -0.1) is 11.3 Å². The molecular formula is C15H19NOS2. The molecule has 0 bridgehead atoms. The van der Waals surface area contributed by atoms with Gasteiger partial charge < -0.3 is 4.74 Å². The molecule has 0 aliphatic carbocycles. The van der Waals surface area contributed by atoms with Crippen LogP contribution in [0.15, 0.2) is 24.4 Å². The Morgan fingerprint density at radius 2 is 2.16 bits per heavy atom. The lowest BCUT2D eigenvalue weighted by Gasteiger charge is -2.14. The average Bonchev–Trinajstić information content (AvgIpc) is 2.84. The molecule has 0 unspecified atom stereocenters. The maximum absolute atomic E-state index is 5.95. The largest absolute Gasteiger partial charge is 0.486 e. The summed E-state index contributed by atoms with van der Waals surface area (Å²) >= 11 is 5.91. The van der Waals surface area contributed by atoms with Crippen molar-refractivity contribution < 1.29 is 4.74 Å². The first-order valence-electron chi connectivity index (χ1n) is 6.38. The second kappa shape index (κ2) is 6.44. The van der Waals surface area contributed by atoms with Crippen molar-refractivity contribution in [1.82, 2.24) is 4.98 Å². The monoisotopic (exact) mass is 293 g/mol. The van der Waals surface area contributed by atoms with Gasteiger partial charge >= 0.3 is 0 Å². The van der Waals surface area contributed by atoms with Crippen molar-refractivity contribution in [3.05, 3.63) is 45.4 Å². The fraction of sp³-hybridized carbons (Fsp3) is 0.400. The molecule has 1 heterocycles. The van der Waals surface area contributed by atoms with E-state index in [1.807, 2.05) is 6.20 Å². The summed E-state index contributed by atoms with van der Waals surface area (Å²) in [7, 11) is 0. The lowest BCUT2D eigenvalue weighted by atomic mass is 10.0. The standard InChI is InChI=1S/C15H19NOS2/c1-10(2)13-5-4-11(3)6-14(13)17-8-15-16-7-12(9-18)19-15/h4-7,10,18H,8-9H2,1-3H3. The zero-order valence-electron chi connectivity index (χ0n) is 11.5. The third-order valence-electron chi connectivity index (χ3n) is 2.90. The summed E-state index contributed by atoms with van der Waals surface area (Å²) in [6.45, 7) is 6.97. The van der Waals surface area contributed by atoms with Crippen LogP contribution in [0.25, 0.3) is 0 Å². The van der Waals surface area contributed by atoms with Crippen LogP contribution in [-0.4, -0.2) is 4.98 Å². The van der Waals surface area contributed by atoms with Gasteiger partial charge in [0.05, 0.1) is 0 Å². The number of nitrogens with zero attached hydrogens (tertiary/aromatic N) is 1.